The average molecular weight is 444 g/mol. The van der Waals surface area contributed by atoms with Gasteiger partial charge in [0.1, 0.15) is 5.60 Å². The quantitative estimate of drug-likeness (QED) is 0.547. The summed E-state index contributed by atoms with van der Waals surface area (Å²) >= 11 is 0. The molecule has 0 unspecified atom stereocenters. The molecule has 1 saturated heterocycles. The van der Waals surface area contributed by atoms with Gasteiger partial charge in [-0.05, 0) is 74.7 Å². The van der Waals surface area contributed by atoms with Crippen LogP contribution in [0.3, 0.4) is 0 Å². The molecule has 5 heteroatoms. The number of amides is 1. The third-order valence-electron chi connectivity index (χ3n) is 6.61. The number of nitrogens with zero attached hydrogens (tertiary/aromatic N) is 2. The van der Waals surface area contributed by atoms with Gasteiger partial charge >= 0.3 is 6.09 Å². The van der Waals surface area contributed by atoms with Crippen LogP contribution < -0.4 is 5.32 Å². The van der Waals surface area contributed by atoms with Crippen LogP contribution in [0.2, 0.25) is 0 Å². The third-order valence-corrected chi connectivity index (χ3v) is 6.61. The molecule has 5 nitrogen and oxygen atoms in total. The first-order valence-electron chi connectivity index (χ1n) is 12.1. The van der Waals surface area contributed by atoms with Gasteiger partial charge in [0.2, 0.25) is 0 Å². The molecule has 5 rings (SSSR count). The monoisotopic (exact) mass is 443 g/mol. The van der Waals surface area contributed by atoms with E-state index in [1.54, 1.807) is 0 Å². The van der Waals surface area contributed by atoms with Crippen LogP contribution in [0.15, 0.2) is 48.5 Å². The highest BCUT2D eigenvalue weighted by atomic mass is 16.6. The molecule has 0 saturated carbocycles. The lowest BCUT2D eigenvalue weighted by Gasteiger charge is -2.33. The molecule has 2 aliphatic heterocycles. The molecule has 0 radical (unpaired) electrons. The fraction of sp³-hybridized carbons (Fsp3) is 0.429. The normalized spacial score (nSPS) is 16.5. The predicted octanol–water partition coefficient (Wildman–Crippen LogP) is 5.91. The number of carbonyl (C=O) groups excluding carboxylic acids is 1. The Balaban J connectivity index is 1.44. The Kier molecular flexibility index (Phi) is 5.73. The Bertz CT molecular complexity index is 1160. The lowest BCUT2D eigenvalue weighted by atomic mass is 9.89. The first kappa shape index (κ1) is 21.7. The van der Waals surface area contributed by atoms with Gasteiger partial charge in [0, 0.05) is 48.7 Å². The second kappa shape index (κ2) is 8.69. The largest absolute Gasteiger partial charge is 0.444 e. The van der Waals surface area contributed by atoms with Crippen LogP contribution in [0.5, 0.6) is 0 Å². The van der Waals surface area contributed by atoms with E-state index in [2.05, 4.69) is 53.8 Å². The van der Waals surface area contributed by atoms with Crippen molar-refractivity contribution in [3.8, 4) is 0 Å². The van der Waals surface area contributed by atoms with Crippen molar-refractivity contribution in [2.24, 2.45) is 0 Å². The fourth-order valence-corrected chi connectivity index (χ4v) is 5.00. The van der Waals surface area contributed by atoms with Gasteiger partial charge in [-0.1, -0.05) is 30.3 Å². The number of hydrogen-bond donors (Lipinski definition) is 1. The lowest BCUT2D eigenvalue weighted by Crippen LogP contribution is -2.41. The van der Waals surface area contributed by atoms with Crippen LogP contribution in [0.1, 0.15) is 62.0 Å². The molecule has 0 bridgehead atoms. The maximum absolute atomic E-state index is 12.5. The highest BCUT2D eigenvalue weighted by Crippen LogP contribution is 2.36. The van der Waals surface area contributed by atoms with Gasteiger partial charge in [-0.15, -0.1) is 0 Å². The Morgan fingerprint density at radius 3 is 2.61 bits per heavy atom. The number of aromatic nitrogens is 1. The van der Waals surface area contributed by atoms with Crippen molar-refractivity contribution in [3.63, 3.8) is 0 Å². The molecule has 172 valence electrons. The number of benzene rings is 2. The van der Waals surface area contributed by atoms with E-state index in [0.29, 0.717) is 19.0 Å². The van der Waals surface area contributed by atoms with Crippen molar-refractivity contribution in [3.05, 3.63) is 71.0 Å². The van der Waals surface area contributed by atoms with Crippen molar-refractivity contribution in [1.29, 1.82) is 0 Å². The van der Waals surface area contributed by atoms with E-state index in [1.165, 1.54) is 33.3 Å². The second-order valence-corrected chi connectivity index (χ2v) is 10.3. The van der Waals surface area contributed by atoms with E-state index < -0.39 is 5.60 Å². The van der Waals surface area contributed by atoms with Crippen LogP contribution in [0.25, 0.3) is 10.8 Å². The summed E-state index contributed by atoms with van der Waals surface area (Å²) in [7, 11) is 0. The number of fused-ring (bicyclic) bond motifs is 2. The van der Waals surface area contributed by atoms with E-state index in [1.807, 2.05) is 25.7 Å². The number of nitrogens with one attached hydrogen (secondary N) is 1. The molecule has 2 aliphatic rings. The van der Waals surface area contributed by atoms with Gasteiger partial charge in [0.05, 0.1) is 5.69 Å². The molecule has 0 aliphatic carbocycles. The second-order valence-electron chi connectivity index (χ2n) is 10.3. The SMILES string of the molecule is CC(C)(C)OC(=O)N1CCC(c2nc(Cc3ccccc3)cc3cc4c(cc23)NCC4)CC1. The standard InChI is InChI=1S/C28H33N3O2/c1-28(2,3)33-27(32)31-13-10-20(11-14-31)26-24-18-25-21(9-12-29-25)16-22(24)17-23(30-26)15-19-7-5-4-6-8-19/h4-8,16-18,20,29H,9-15H2,1-3H3. The highest BCUT2D eigenvalue weighted by molar-refractivity contribution is 5.90. The average Bonchev–Trinajstić information content (AvgIpc) is 3.24. The minimum Gasteiger partial charge on any atom is -0.444 e. The van der Waals surface area contributed by atoms with Crippen molar-refractivity contribution in [2.45, 2.75) is 58.0 Å². The van der Waals surface area contributed by atoms with Crippen molar-refractivity contribution < 1.29 is 9.53 Å². The molecular formula is C28H33N3O2. The molecule has 0 atom stereocenters. The number of rotatable bonds is 3. The van der Waals surface area contributed by atoms with Gasteiger partial charge in [-0.2, -0.15) is 0 Å². The summed E-state index contributed by atoms with van der Waals surface area (Å²) in [5, 5.41) is 6.05. The lowest BCUT2D eigenvalue weighted by molar-refractivity contribution is 0.0204. The first-order chi connectivity index (χ1) is 15.9. The highest BCUT2D eigenvalue weighted by Gasteiger charge is 2.29. The minimum atomic E-state index is -0.467. The molecule has 3 aromatic rings. The zero-order valence-corrected chi connectivity index (χ0v) is 19.9. The van der Waals surface area contributed by atoms with Crippen LogP contribution in [-0.2, 0) is 17.6 Å². The summed E-state index contributed by atoms with van der Waals surface area (Å²) in [6.45, 7) is 8.15. The number of pyridine rings is 1. The van der Waals surface area contributed by atoms with Gasteiger partial charge in [0.25, 0.3) is 0 Å². The summed E-state index contributed by atoms with van der Waals surface area (Å²) < 4.78 is 5.59. The van der Waals surface area contributed by atoms with Crippen LogP contribution >= 0.6 is 0 Å². The molecule has 1 fully saturated rings. The van der Waals surface area contributed by atoms with Crippen LogP contribution in [0, 0.1) is 0 Å². The van der Waals surface area contributed by atoms with Gasteiger partial charge < -0.3 is 15.0 Å². The van der Waals surface area contributed by atoms with Crippen molar-refractivity contribution >= 4 is 22.6 Å². The summed E-state index contributed by atoms with van der Waals surface area (Å²) in [6, 6.07) is 17.5. The van der Waals surface area contributed by atoms with Gasteiger partial charge in [-0.3, -0.25) is 4.98 Å². The van der Waals surface area contributed by atoms with E-state index in [4.69, 9.17) is 9.72 Å². The topological polar surface area (TPSA) is 54.5 Å². The maximum Gasteiger partial charge on any atom is 0.410 e. The molecule has 1 N–H and O–H groups in total. The number of ether oxygens (including phenoxy) is 1. The van der Waals surface area contributed by atoms with Gasteiger partial charge in [0.15, 0.2) is 0 Å². The predicted molar refractivity (Wildman–Crippen MR) is 133 cm³/mol. The number of anilines is 1. The van der Waals surface area contributed by atoms with Crippen LogP contribution in [-0.4, -0.2) is 41.2 Å². The Hall–Kier alpha value is -3.08. The van der Waals surface area contributed by atoms with E-state index in [-0.39, 0.29) is 6.09 Å². The van der Waals surface area contributed by atoms with E-state index >= 15 is 0 Å². The van der Waals surface area contributed by atoms with Crippen molar-refractivity contribution in [1.82, 2.24) is 9.88 Å². The molecular weight excluding hydrogens is 410 g/mol. The molecule has 33 heavy (non-hydrogen) atoms. The number of carbonyl (C=O) groups is 1. The van der Waals surface area contributed by atoms with E-state index in [0.717, 1.165) is 37.9 Å². The van der Waals surface area contributed by atoms with Crippen molar-refractivity contribution in [2.75, 3.05) is 25.0 Å². The van der Waals surface area contributed by atoms with Crippen LogP contribution in [0.4, 0.5) is 10.5 Å². The smallest absolute Gasteiger partial charge is 0.410 e. The maximum atomic E-state index is 12.5. The molecule has 0 spiro atoms. The molecule has 1 amide bonds. The summed E-state index contributed by atoms with van der Waals surface area (Å²) in [5.41, 5.74) is 5.74. The Morgan fingerprint density at radius 2 is 1.88 bits per heavy atom. The zero-order chi connectivity index (χ0) is 23.0. The summed E-state index contributed by atoms with van der Waals surface area (Å²) in [4.78, 5) is 19.6. The Morgan fingerprint density at radius 1 is 1.12 bits per heavy atom. The number of hydrogen-bond acceptors (Lipinski definition) is 4. The third kappa shape index (κ3) is 4.82. The summed E-state index contributed by atoms with van der Waals surface area (Å²) in [5.74, 6) is 0.335. The Labute approximate surface area is 196 Å². The first-order valence-corrected chi connectivity index (χ1v) is 12.1. The number of likely N-dealkylation sites (tertiary alicyclic amines) is 1. The fourth-order valence-electron chi connectivity index (χ4n) is 5.00. The molecule has 2 aromatic carbocycles. The zero-order valence-electron chi connectivity index (χ0n) is 19.9. The molecule has 1 aromatic heterocycles. The summed E-state index contributed by atoms with van der Waals surface area (Å²) in [6.07, 6.45) is 3.50. The molecule has 3 heterocycles. The van der Waals surface area contributed by atoms with Gasteiger partial charge in [-0.25, -0.2) is 4.79 Å². The minimum absolute atomic E-state index is 0.210. The number of piperidine rings is 1. The van der Waals surface area contributed by atoms with E-state index in [9.17, 15) is 4.79 Å².